The molecule has 0 radical (unpaired) electrons. The number of benzene rings is 2. The van der Waals surface area contributed by atoms with Crippen LogP contribution >= 0.6 is 0 Å². The number of likely N-dealkylation sites (tertiary alicyclic amines) is 1. The van der Waals surface area contributed by atoms with Gasteiger partial charge in [0.15, 0.2) is 0 Å². The van der Waals surface area contributed by atoms with E-state index in [1.54, 1.807) is 7.11 Å². The lowest BCUT2D eigenvalue weighted by atomic mass is 9.85. The van der Waals surface area contributed by atoms with E-state index < -0.39 is 5.60 Å². The number of piperidine rings is 1. The predicted molar refractivity (Wildman–Crippen MR) is 107 cm³/mol. The van der Waals surface area contributed by atoms with E-state index in [4.69, 9.17) is 9.47 Å². The molecule has 4 heteroatoms. The maximum absolute atomic E-state index is 11.0. The van der Waals surface area contributed by atoms with Crippen molar-refractivity contribution in [1.82, 2.24) is 4.90 Å². The Labute approximate surface area is 161 Å². The fourth-order valence-electron chi connectivity index (χ4n) is 4.23. The zero-order valence-electron chi connectivity index (χ0n) is 16.3. The number of hydrogen-bond acceptors (Lipinski definition) is 4. The molecule has 0 saturated carbocycles. The molecule has 1 atom stereocenters. The molecular weight excluding hydrogens is 338 g/mol. The summed E-state index contributed by atoms with van der Waals surface area (Å²) in [6, 6.07) is 14.6. The highest BCUT2D eigenvalue weighted by Crippen LogP contribution is 2.33. The predicted octanol–water partition coefficient (Wildman–Crippen LogP) is 3.38. The van der Waals surface area contributed by atoms with Gasteiger partial charge in [0.1, 0.15) is 17.6 Å². The molecule has 0 spiro atoms. The van der Waals surface area contributed by atoms with Crippen LogP contribution in [0.1, 0.15) is 29.5 Å². The van der Waals surface area contributed by atoms with Gasteiger partial charge in [0.2, 0.25) is 0 Å². The lowest BCUT2D eigenvalue weighted by Gasteiger charge is -2.39. The first-order chi connectivity index (χ1) is 13.0. The molecule has 2 aliphatic rings. The second-order valence-electron chi connectivity index (χ2n) is 8.10. The highest BCUT2D eigenvalue weighted by molar-refractivity contribution is 5.43. The van der Waals surface area contributed by atoms with Gasteiger partial charge in [-0.1, -0.05) is 29.8 Å². The minimum absolute atomic E-state index is 0.190. The Bertz CT molecular complexity index is 779. The highest BCUT2D eigenvalue weighted by Gasteiger charge is 2.34. The molecular formula is C23H29NO3. The molecule has 1 saturated heterocycles. The monoisotopic (exact) mass is 367 g/mol. The molecule has 4 nitrogen and oxygen atoms in total. The van der Waals surface area contributed by atoms with Crippen molar-refractivity contribution in [3.8, 4) is 11.5 Å². The zero-order valence-corrected chi connectivity index (χ0v) is 16.3. The van der Waals surface area contributed by atoms with E-state index in [0.717, 1.165) is 56.8 Å². The fraction of sp³-hybridized carbons (Fsp3) is 0.478. The van der Waals surface area contributed by atoms with Crippen molar-refractivity contribution in [2.75, 3.05) is 26.7 Å². The van der Waals surface area contributed by atoms with Crippen molar-refractivity contribution >= 4 is 0 Å². The second-order valence-corrected chi connectivity index (χ2v) is 8.10. The number of aryl methyl sites for hydroxylation is 1. The number of rotatable bonds is 5. The van der Waals surface area contributed by atoms with E-state index in [0.29, 0.717) is 0 Å². The molecule has 0 unspecified atom stereocenters. The van der Waals surface area contributed by atoms with Crippen molar-refractivity contribution in [2.45, 2.75) is 44.3 Å². The van der Waals surface area contributed by atoms with Crippen LogP contribution in [0.3, 0.4) is 0 Å². The van der Waals surface area contributed by atoms with Crippen molar-refractivity contribution in [3.05, 3.63) is 59.2 Å². The number of aliphatic hydroxyl groups is 1. The SMILES string of the molecule is COc1ccc2c(c1)C[C@@H](CN1CCC(O)(Cc3ccc(C)cc3)CC1)O2. The summed E-state index contributed by atoms with van der Waals surface area (Å²) in [5.41, 5.74) is 3.13. The molecule has 2 heterocycles. The van der Waals surface area contributed by atoms with E-state index in [1.165, 1.54) is 16.7 Å². The van der Waals surface area contributed by atoms with Crippen molar-refractivity contribution in [3.63, 3.8) is 0 Å². The topological polar surface area (TPSA) is 41.9 Å². The zero-order chi connectivity index (χ0) is 18.9. The standard InChI is InChI=1S/C23H29NO3/c1-17-3-5-18(6-4-17)15-23(25)9-11-24(12-10-23)16-21-14-19-13-20(26-2)7-8-22(19)27-21/h3-8,13,21,25H,9-12,14-16H2,1-2H3/t21-/m0/s1. The molecule has 0 aromatic heterocycles. The van der Waals surface area contributed by atoms with Crippen molar-refractivity contribution in [1.29, 1.82) is 0 Å². The van der Waals surface area contributed by atoms with Gasteiger partial charge in [-0.15, -0.1) is 0 Å². The summed E-state index contributed by atoms with van der Waals surface area (Å²) in [5, 5.41) is 11.0. The van der Waals surface area contributed by atoms with Gasteiger partial charge in [0.05, 0.1) is 12.7 Å². The summed E-state index contributed by atoms with van der Waals surface area (Å²) in [7, 11) is 1.69. The van der Waals surface area contributed by atoms with Crippen LogP contribution in [-0.2, 0) is 12.8 Å². The molecule has 0 amide bonds. The minimum Gasteiger partial charge on any atom is -0.497 e. The Morgan fingerprint density at radius 1 is 1.15 bits per heavy atom. The summed E-state index contributed by atoms with van der Waals surface area (Å²) < 4.78 is 11.4. The van der Waals surface area contributed by atoms with E-state index in [1.807, 2.05) is 12.1 Å². The Morgan fingerprint density at radius 3 is 2.59 bits per heavy atom. The Kier molecular flexibility index (Phi) is 5.11. The lowest BCUT2D eigenvalue weighted by Crippen LogP contribution is -2.48. The van der Waals surface area contributed by atoms with Gasteiger partial charge in [-0.05, 0) is 43.5 Å². The minimum atomic E-state index is -0.585. The van der Waals surface area contributed by atoms with Crippen LogP contribution in [0.2, 0.25) is 0 Å². The van der Waals surface area contributed by atoms with Gasteiger partial charge in [0.25, 0.3) is 0 Å². The van der Waals surface area contributed by atoms with Crippen LogP contribution in [0.4, 0.5) is 0 Å². The lowest BCUT2D eigenvalue weighted by molar-refractivity contribution is -0.0265. The second kappa shape index (κ2) is 7.53. The third-order valence-electron chi connectivity index (χ3n) is 5.91. The molecule has 2 aromatic carbocycles. The van der Waals surface area contributed by atoms with Crippen LogP contribution in [-0.4, -0.2) is 48.5 Å². The molecule has 1 fully saturated rings. The molecule has 0 bridgehead atoms. The smallest absolute Gasteiger partial charge is 0.123 e. The van der Waals surface area contributed by atoms with Crippen LogP contribution in [0, 0.1) is 6.92 Å². The van der Waals surface area contributed by atoms with Gasteiger partial charge in [-0.3, -0.25) is 4.90 Å². The fourth-order valence-corrected chi connectivity index (χ4v) is 4.23. The normalized spacial score (nSPS) is 21.5. The van der Waals surface area contributed by atoms with Gasteiger partial charge < -0.3 is 14.6 Å². The molecule has 144 valence electrons. The van der Waals surface area contributed by atoms with Crippen molar-refractivity contribution in [2.24, 2.45) is 0 Å². The van der Waals surface area contributed by atoms with Crippen molar-refractivity contribution < 1.29 is 14.6 Å². The molecule has 4 rings (SSSR count). The molecule has 2 aliphatic heterocycles. The van der Waals surface area contributed by atoms with E-state index in [-0.39, 0.29) is 6.10 Å². The summed E-state index contributed by atoms with van der Waals surface area (Å²) >= 11 is 0. The first kappa shape index (κ1) is 18.3. The Morgan fingerprint density at radius 2 is 1.89 bits per heavy atom. The van der Waals surface area contributed by atoms with Gasteiger partial charge in [0, 0.05) is 38.0 Å². The van der Waals surface area contributed by atoms with Crippen LogP contribution < -0.4 is 9.47 Å². The highest BCUT2D eigenvalue weighted by atomic mass is 16.5. The molecule has 0 aliphatic carbocycles. The average Bonchev–Trinajstić information content (AvgIpc) is 3.07. The van der Waals surface area contributed by atoms with Gasteiger partial charge >= 0.3 is 0 Å². The van der Waals surface area contributed by atoms with Gasteiger partial charge in [-0.25, -0.2) is 0 Å². The first-order valence-electron chi connectivity index (χ1n) is 9.87. The number of fused-ring (bicyclic) bond motifs is 1. The summed E-state index contributed by atoms with van der Waals surface area (Å²) in [5.74, 6) is 1.87. The number of methoxy groups -OCH3 is 1. The third-order valence-corrected chi connectivity index (χ3v) is 5.91. The Balaban J connectivity index is 1.29. The van der Waals surface area contributed by atoms with E-state index >= 15 is 0 Å². The average molecular weight is 367 g/mol. The van der Waals surface area contributed by atoms with Crippen LogP contribution in [0.5, 0.6) is 11.5 Å². The van der Waals surface area contributed by atoms with E-state index in [9.17, 15) is 5.11 Å². The largest absolute Gasteiger partial charge is 0.497 e. The number of hydrogen-bond donors (Lipinski definition) is 1. The maximum Gasteiger partial charge on any atom is 0.123 e. The van der Waals surface area contributed by atoms with E-state index in [2.05, 4.69) is 42.2 Å². The molecule has 1 N–H and O–H groups in total. The van der Waals surface area contributed by atoms with Crippen LogP contribution in [0.15, 0.2) is 42.5 Å². The third kappa shape index (κ3) is 4.28. The molecule has 2 aromatic rings. The van der Waals surface area contributed by atoms with Crippen LogP contribution in [0.25, 0.3) is 0 Å². The quantitative estimate of drug-likeness (QED) is 0.880. The Hall–Kier alpha value is -2.04. The summed E-state index contributed by atoms with van der Waals surface area (Å²) in [6.07, 6.45) is 3.49. The number of ether oxygens (including phenoxy) is 2. The number of nitrogens with zero attached hydrogens (tertiary/aromatic N) is 1. The van der Waals surface area contributed by atoms with Gasteiger partial charge in [-0.2, -0.15) is 0 Å². The maximum atomic E-state index is 11.0. The molecule has 27 heavy (non-hydrogen) atoms. The summed E-state index contributed by atoms with van der Waals surface area (Å²) in [4.78, 5) is 2.43. The summed E-state index contributed by atoms with van der Waals surface area (Å²) in [6.45, 7) is 4.85. The first-order valence-corrected chi connectivity index (χ1v) is 9.87.